The summed E-state index contributed by atoms with van der Waals surface area (Å²) in [6.45, 7) is 5.66. The number of morpholine rings is 1. The molecule has 1 aliphatic heterocycles. The van der Waals surface area contributed by atoms with Crippen LogP contribution in [0.25, 0.3) is 0 Å². The van der Waals surface area contributed by atoms with Gasteiger partial charge in [0.25, 0.3) is 0 Å². The molecule has 1 aromatic rings. The van der Waals surface area contributed by atoms with Crippen LogP contribution in [-0.2, 0) is 4.74 Å². The first-order valence-electron chi connectivity index (χ1n) is 6.19. The molecule has 1 heterocycles. The van der Waals surface area contributed by atoms with E-state index in [0.29, 0.717) is 5.56 Å². The topological polar surface area (TPSA) is 71.1 Å². The molecule has 104 valence electrons. The molecule has 3 N–H and O–H groups in total. The highest BCUT2D eigenvalue weighted by atomic mass is 79.9. The van der Waals surface area contributed by atoms with Crippen molar-refractivity contribution >= 4 is 27.5 Å². The Kier molecular flexibility index (Phi) is 4.31. The largest absolute Gasteiger partial charge is 0.409 e. The SMILES string of the molecule is C[C@@H]1CN(c2cccc(Br)c2/C(N)=N/O)C[C@H](C)O1. The first-order chi connectivity index (χ1) is 9.02. The number of benzene rings is 1. The lowest BCUT2D eigenvalue weighted by Crippen LogP contribution is -2.46. The van der Waals surface area contributed by atoms with Crippen molar-refractivity contribution in [1.82, 2.24) is 0 Å². The van der Waals surface area contributed by atoms with Gasteiger partial charge in [-0.1, -0.05) is 11.2 Å². The number of nitrogens with two attached hydrogens (primary N) is 1. The highest BCUT2D eigenvalue weighted by molar-refractivity contribution is 9.10. The lowest BCUT2D eigenvalue weighted by atomic mass is 10.1. The van der Waals surface area contributed by atoms with Crippen molar-refractivity contribution in [2.75, 3.05) is 18.0 Å². The number of hydrogen-bond donors (Lipinski definition) is 2. The standard InChI is InChI=1S/C13H18BrN3O2/c1-8-6-17(7-9(2)19-8)11-5-3-4-10(14)12(11)13(15)16-18/h3-5,8-9,18H,6-7H2,1-2H3,(H2,15,16)/t8-,9+. The van der Waals surface area contributed by atoms with Crippen molar-refractivity contribution in [2.24, 2.45) is 10.9 Å². The maximum absolute atomic E-state index is 8.94. The summed E-state index contributed by atoms with van der Waals surface area (Å²) in [6, 6.07) is 5.80. The number of rotatable bonds is 2. The number of amidine groups is 1. The van der Waals surface area contributed by atoms with Gasteiger partial charge < -0.3 is 20.6 Å². The van der Waals surface area contributed by atoms with E-state index in [1.165, 1.54) is 0 Å². The molecule has 1 aromatic carbocycles. The molecule has 0 amide bonds. The average Bonchev–Trinajstić information content (AvgIpc) is 2.36. The summed E-state index contributed by atoms with van der Waals surface area (Å²) in [5.41, 5.74) is 7.45. The number of oxime groups is 1. The quantitative estimate of drug-likeness (QED) is 0.378. The molecule has 0 spiro atoms. The first-order valence-corrected chi connectivity index (χ1v) is 6.99. The summed E-state index contributed by atoms with van der Waals surface area (Å²) in [6.07, 6.45) is 0.311. The Morgan fingerprint density at radius 3 is 2.63 bits per heavy atom. The molecular weight excluding hydrogens is 310 g/mol. The summed E-state index contributed by atoms with van der Waals surface area (Å²) in [5, 5.41) is 12.1. The molecule has 1 aliphatic rings. The van der Waals surface area contributed by atoms with E-state index in [9.17, 15) is 0 Å². The Morgan fingerprint density at radius 1 is 1.42 bits per heavy atom. The van der Waals surface area contributed by atoms with Gasteiger partial charge in [0.05, 0.1) is 17.8 Å². The molecule has 6 heteroatoms. The van der Waals surface area contributed by atoms with E-state index in [1.54, 1.807) is 0 Å². The van der Waals surface area contributed by atoms with E-state index >= 15 is 0 Å². The Labute approximate surface area is 121 Å². The fourth-order valence-corrected chi connectivity index (χ4v) is 3.01. The Morgan fingerprint density at radius 2 is 2.05 bits per heavy atom. The van der Waals surface area contributed by atoms with Crippen LogP contribution in [0.5, 0.6) is 0 Å². The Bertz CT molecular complexity index is 483. The van der Waals surface area contributed by atoms with Crippen molar-refractivity contribution < 1.29 is 9.94 Å². The smallest absolute Gasteiger partial charge is 0.173 e. The normalized spacial score (nSPS) is 24.6. The maximum Gasteiger partial charge on any atom is 0.173 e. The lowest BCUT2D eigenvalue weighted by molar-refractivity contribution is -0.00522. The monoisotopic (exact) mass is 327 g/mol. The third kappa shape index (κ3) is 3.01. The van der Waals surface area contributed by atoms with Gasteiger partial charge in [0.1, 0.15) is 0 Å². The summed E-state index contributed by atoms with van der Waals surface area (Å²) >= 11 is 3.46. The van der Waals surface area contributed by atoms with Crippen molar-refractivity contribution in [3.05, 3.63) is 28.2 Å². The average molecular weight is 328 g/mol. The van der Waals surface area contributed by atoms with Crippen LogP contribution in [0, 0.1) is 0 Å². The molecule has 0 radical (unpaired) electrons. The van der Waals surface area contributed by atoms with Gasteiger partial charge in [0.2, 0.25) is 0 Å². The number of nitrogens with zero attached hydrogens (tertiary/aromatic N) is 2. The summed E-state index contributed by atoms with van der Waals surface area (Å²) in [5.74, 6) is 0.106. The van der Waals surface area contributed by atoms with Gasteiger partial charge >= 0.3 is 0 Å². The molecule has 2 atom stereocenters. The minimum Gasteiger partial charge on any atom is -0.409 e. The molecular formula is C13H18BrN3O2. The molecule has 1 fully saturated rings. The van der Waals surface area contributed by atoms with Gasteiger partial charge in [-0.3, -0.25) is 0 Å². The minimum absolute atomic E-state index is 0.106. The molecule has 19 heavy (non-hydrogen) atoms. The zero-order valence-corrected chi connectivity index (χ0v) is 12.6. The van der Waals surface area contributed by atoms with Gasteiger partial charge in [0.15, 0.2) is 5.84 Å². The fourth-order valence-electron chi connectivity index (χ4n) is 2.45. The molecule has 0 aromatic heterocycles. The molecule has 1 saturated heterocycles. The van der Waals surface area contributed by atoms with E-state index in [-0.39, 0.29) is 18.0 Å². The molecule has 5 nitrogen and oxygen atoms in total. The van der Waals surface area contributed by atoms with Crippen LogP contribution < -0.4 is 10.6 Å². The van der Waals surface area contributed by atoms with E-state index in [1.807, 2.05) is 32.0 Å². The minimum atomic E-state index is 0.106. The number of hydrogen-bond acceptors (Lipinski definition) is 4. The van der Waals surface area contributed by atoms with Crippen molar-refractivity contribution in [3.8, 4) is 0 Å². The molecule has 0 unspecified atom stereocenters. The fraction of sp³-hybridized carbons (Fsp3) is 0.462. The van der Waals surface area contributed by atoms with Crippen LogP contribution in [0.1, 0.15) is 19.4 Å². The van der Waals surface area contributed by atoms with E-state index in [4.69, 9.17) is 15.7 Å². The van der Waals surface area contributed by atoms with E-state index < -0.39 is 0 Å². The van der Waals surface area contributed by atoms with Crippen molar-refractivity contribution in [1.29, 1.82) is 0 Å². The van der Waals surface area contributed by atoms with Crippen LogP contribution in [0.3, 0.4) is 0 Å². The Hall–Kier alpha value is -1.27. The second-order valence-corrected chi connectivity index (χ2v) is 5.64. The van der Waals surface area contributed by atoms with Crippen LogP contribution in [0.2, 0.25) is 0 Å². The van der Waals surface area contributed by atoms with E-state index in [2.05, 4.69) is 26.0 Å². The van der Waals surface area contributed by atoms with Crippen LogP contribution in [-0.4, -0.2) is 36.3 Å². The number of ether oxygens (including phenoxy) is 1. The van der Waals surface area contributed by atoms with E-state index in [0.717, 1.165) is 23.2 Å². The second kappa shape index (κ2) is 5.79. The zero-order valence-electron chi connectivity index (χ0n) is 11.0. The highest BCUT2D eigenvalue weighted by Crippen LogP contribution is 2.29. The highest BCUT2D eigenvalue weighted by Gasteiger charge is 2.25. The van der Waals surface area contributed by atoms with Crippen LogP contribution in [0.15, 0.2) is 27.8 Å². The van der Waals surface area contributed by atoms with Gasteiger partial charge in [-0.05, 0) is 41.9 Å². The third-order valence-corrected chi connectivity index (χ3v) is 3.78. The molecule has 2 rings (SSSR count). The molecule has 0 aliphatic carbocycles. The number of anilines is 1. The van der Waals surface area contributed by atoms with Crippen molar-refractivity contribution in [3.63, 3.8) is 0 Å². The van der Waals surface area contributed by atoms with Gasteiger partial charge in [-0.25, -0.2) is 0 Å². The third-order valence-electron chi connectivity index (χ3n) is 3.12. The molecule has 0 bridgehead atoms. The first kappa shape index (κ1) is 14.1. The summed E-state index contributed by atoms with van der Waals surface area (Å²) < 4.78 is 6.54. The Balaban J connectivity index is 2.41. The predicted molar refractivity (Wildman–Crippen MR) is 78.9 cm³/mol. The molecule has 0 saturated carbocycles. The van der Waals surface area contributed by atoms with Crippen LogP contribution >= 0.6 is 15.9 Å². The number of halogens is 1. The van der Waals surface area contributed by atoms with Crippen LogP contribution in [0.4, 0.5) is 5.69 Å². The predicted octanol–water partition coefficient (Wildman–Crippen LogP) is 2.16. The van der Waals surface area contributed by atoms with Gasteiger partial charge in [-0.15, -0.1) is 0 Å². The summed E-state index contributed by atoms with van der Waals surface area (Å²) in [7, 11) is 0. The van der Waals surface area contributed by atoms with Gasteiger partial charge in [-0.2, -0.15) is 0 Å². The lowest BCUT2D eigenvalue weighted by Gasteiger charge is -2.37. The zero-order chi connectivity index (χ0) is 14.0. The van der Waals surface area contributed by atoms with Gasteiger partial charge in [0, 0.05) is 23.2 Å². The summed E-state index contributed by atoms with van der Waals surface area (Å²) in [4.78, 5) is 2.21. The van der Waals surface area contributed by atoms with Crippen molar-refractivity contribution in [2.45, 2.75) is 26.1 Å². The second-order valence-electron chi connectivity index (χ2n) is 4.78. The maximum atomic E-state index is 8.94.